The molecular weight excluding hydrogens is 959 g/mol. The van der Waals surface area contributed by atoms with Crippen LogP contribution in [0.15, 0.2) is 0 Å². The third-order valence-electron chi connectivity index (χ3n) is 14.6. The van der Waals surface area contributed by atoms with Gasteiger partial charge in [-0.25, -0.2) is 4.79 Å². The molecule has 21 nitrogen and oxygen atoms in total. The van der Waals surface area contributed by atoms with Crippen molar-refractivity contribution >= 4 is 59.1 Å². The molecule has 0 bridgehead atoms. The van der Waals surface area contributed by atoms with Crippen molar-refractivity contribution in [2.75, 3.05) is 27.2 Å². The number of rotatable bonds is 14. The lowest BCUT2D eigenvalue weighted by Gasteiger charge is -2.36. The minimum atomic E-state index is -1.72. The number of carbonyl (C=O) groups is 10. The van der Waals surface area contributed by atoms with E-state index in [0.717, 1.165) is 0 Å². The summed E-state index contributed by atoms with van der Waals surface area (Å²) >= 11 is 0. The number of Topliss-reactive ketones (excluding diaryl/α,β-unsaturated/α-hetero) is 1. The summed E-state index contributed by atoms with van der Waals surface area (Å²) in [5, 5.41) is 30.1. The zero-order valence-corrected chi connectivity index (χ0v) is 46.7. The van der Waals surface area contributed by atoms with Crippen LogP contribution in [0.2, 0.25) is 0 Å². The minimum Gasteiger partial charge on any atom is -0.458 e. The zero-order chi connectivity index (χ0) is 56.2. The van der Waals surface area contributed by atoms with E-state index in [-0.39, 0.29) is 62.9 Å². The smallest absolute Gasteiger partial charge is 0.329 e. The van der Waals surface area contributed by atoms with Crippen molar-refractivity contribution in [2.24, 2.45) is 35.5 Å². The number of aliphatic hydroxyl groups is 2. The summed E-state index contributed by atoms with van der Waals surface area (Å²) in [6, 6.07) is -8.55. The molecule has 420 valence electrons. The van der Waals surface area contributed by atoms with Crippen LogP contribution in [0.1, 0.15) is 148 Å². The number of nitrogens with zero attached hydrogens (tertiary/aromatic N) is 4. The molecule has 0 aromatic heterocycles. The van der Waals surface area contributed by atoms with E-state index in [1.807, 2.05) is 41.5 Å². The van der Waals surface area contributed by atoms with Gasteiger partial charge in [0, 0.05) is 27.2 Å². The second-order valence-electron chi connectivity index (χ2n) is 22.5. The van der Waals surface area contributed by atoms with Crippen molar-refractivity contribution in [3.63, 3.8) is 0 Å². The molecule has 0 aromatic carbocycles. The first-order valence-corrected chi connectivity index (χ1v) is 26.8. The Morgan fingerprint density at radius 3 is 1.97 bits per heavy atom. The Balaban J connectivity index is 2.22. The molecule has 74 heavy (non-hydrogen) atoms. The van der Waals surface area contributed by atoms with E-state index >= 15 is 0 Å². The van der Waals surface area contributed by atoms with E-state index in [1.54, 1.807) is 27.7 Å². The van der Waals surface area contributed by atoms with Gasteiger partial charge < -0.3 is 55.2 Å². The molecule has 0 radical (unpaired) electrons. The van der Waals surface area contributed by atoms with E-state index in [4.69, 9.17) is 9.47 Å². The molecular formula is C53H89N7O14. The van der Waals surface area contributed by atoms with Gasteiger partial charge in [-0.15, -0.1) is 0 Å². The lowest BCUT2D eigenvalue weighted by Crippen LogP contribution is -2.62. The average Bonchev–Trinajstić information content (AvgIpc) is 4.03. The summed E-state index contributed by atoms with van der Waals surface area (Å²) in [5.74, 6) is -10.6. The Morgan fingerprint density at radius 1 is 0.811 bits per heavy atom. The van der Waals surface area contributed by atoms with Gasteiger partial charge in [0.2, 0.25) is 35.4 Å². The number of amides is 7. The maximum atomic E-state index is 14.8. The maximum Gasteiger partial charge on any atom is 0.329 e. The Morgan fingerprint density at radius 2 is 1.42 bits per heavy atom. The summed E-state index contributed by atoms with van der Waals surface area (Å²) in [6.45, 7) is 22.2. The highest BCUT2D eigenvalue weighted by Crippen LogP contribution is 2.27. The third kappa shape index (κ3) is 16.4. The standard InChI is InChI=1S/C53H89N7O14/c1-16-31(10)42-40(62)26-41(63)74-45(30(8)9)44(64)32(11)46(65)54-35(23-27(2)3)50(69)60-22-18-20-37(60)52(71)58(15)39(25-29(6)7)53(72)73-34(13)43(48(67)55-42)56-47(66)38(24-28(4)5)57(14)51(70)36-19-17-21-59(36)49(68)33(12)61/h27-40,42-43,45,61-62H,16-26H2,1-15H3,(H,54,65)(H,55,67)(H,56,66)/t31-,32-,33-,34+,35-,36-,37-,38+,39-,40-,42+,43-,45-/m0/s1. The predicted octanol–water partition coefficient (Wildman–Crippen LogP) is 2.11. The number of ketones is 1. The van der Waals surface area contributed by atoms with Crippen LogP contribution in [0.4, 0.5) is 0 Å². The summed E-state index contributed by atoms with van der Waals surface area (Å²) in [6.07, 6.45) is -4.48. The van der Waals surface area contributed by atoms with Crippen LogP contribution in [0, 0.1) is 35.5 Å². The van der Waals surface area contributed by atoms with E-state index in [1.165, 1.54) is 54.5 Å². The number of hydrogen-bond donors (Lipinski definition) is 5. The Kier molecular flexibility index (Phi) is 24.0. The van der Waals surface area contributed by atoms with Gasteiger partial charge in [0.15, 0.2) is 11.9 Å². The van der Waals surface area contributed by atoms with E-state index in [2.05, 4.69) is 16.0 Å². The van der Waals surface area contributed by atoms with Crippen LogP contribution in [-0.4, -0.2) is 183 Å². The van der Waals surface area contributed by atoms with Crippen LogP contribution in [0.25, 0.3) is 0 Å². The van der Waals surface area contributed by atoms with Crippen molar-refractivity contribution in [3.8, 4) is 0 Å². The molecule has 5 N–H and O–H groups in total. The molecule has 0 saturated carbocycles. The molecule has 0 aliphatic carbocycles. The SMILES string of the molecule is CC[C@H](C)[C@H]1NC(=O)[C@@H](NC(=O)[C@@H](CC(C)C)N(C)C(=O)[C@@H]2CCCN2C(=O)[C@H](C)O)[C@@H](C)OC(=O)[C@H](CC(C)C)N(C)C(=O)[C@@H]2CCCN2C(=O)[C@H](CC(C)C)NC(=O)[C@@H](C)C(=O)[C@H](C(C)C)OC(=O)C[C@@H]1O. The van der Waals surface area contributed by atoms with Gasteiger partial charge >= 0.3 is 11.9 Å². The summed E-state index contributed by atoms with van der Waals surface area (Å²) in [7, 11) is 2.84. The summed E-state index contributed by atoms with van der Waals surface area (Å²) in [5.41, 5.74) is 0. The van der Waals surface area contributed by atoms with Crippen molar-refractivity contribution in [3.05, 3.63) is 0 Å². The molecule has 3 fully saturated rings. The van der Waals surface area contributed by atoms with Crippen LogP contribution in [0.3, 0.4) is 0 Å². The van der Waals surface area contributed by atoms with E-state index in [0.29, 0.717) is 19.3 Å². The van der Waals surface area contributed by atoms with Gasteiger partial charge in [0.1, 0.15) is 48.5 Å². The van der Waals surface area contributed by atoms with Gasteiger partial charge in [-0.1, -0.05) is 75.7 Å². The molecule has 13 atom stereocenters. The van der Waals surface area contributed by atoms with Crippen molar-refractivity contribution in [1.29, 1.82) is 0 Å². The van der Waals surface area contributed by atoms with Crippen molar-refractivity contribution in [2.45, 2.75) is 215 Å². The Bertz CT molecular complexity index is 2010. The Hall–Kier alpha value is -5.18. The van der Waals surface area contributed by atoms with Gasteiger partial charge in [0.05, 0.1) is 24.5 Å². The van der Waals surface area contributed by atoms with Gasteiger partial charge in [-0.3, -0.25) is 43.2 Å². The van der Waals surface area contributed by atoms with E-state index in [9.17, 15) is 58.2 Å². The number of aliphatic hydroxyl groups excluding tert-OH is 2. The first-order chi connectivity index (χ1) is 34.4. The average molecular weight is 1050 g/mol. The molecule has 7 amide bonds. The highest BCUT2D eigenvalue weighted by atomic mass is 16.6. The number of hydrogen-bond acceptors (Lipinski definition) is 14. The van der Waals surface area contributed by atoms with E-state index < -0.39 is 150 Å². The molecule has 3 aliphatic rings. The number of likely N-dealkylation sites (tertiary alicyclic amines) is 1. The fraction of sp³-hybridized carbons (Fsp3) is 0.811. The maximum absolute atomic E-state index is 14.8. The third-order valence-corrected chi connectivity index (χ3v) is 14.6. The minimum absolute atomic E-state index is 0.0878. The Labute approximate surface area is 438 Å². The lowest BCUT2D eigenvalue weighted by molar-refractivity contribution is -0.163. The number of fused-ring (bicyclic) bond motifs is 1. The highest BCUT2D eigenvalue weighted by molar-refractivity contribution is 6.05. The molecule has 0 spiro atoms. The first-order valence-electron chi connectivity index (χ1n) is 26.8. The molecule has 21 heteroatoms. The molecule has 3 heterocycles. The molecule has 3 saturated heterocycles. The largest absolute Gasteiger partial charge is 0.458 e. The predicted molar refractivity (Wildman–Crippen MR) is 273 cm³/mol. The fourth-order valence-electron chi connectivity index (χ4n) is 10.0. The van der Waals surface area contributed by atoms with Crippen LogP contribution >= 0.6 is 0 Å². The van der Waals surface area contributed by atoms with Crippen molar-refractivity contribution < 1.29 is 67.6 Å². The van der Waals surface area contributed by atoms with Gasteiger partial charge in [0.25, 0.3) is 5.91 Å². The highest BCUT2D eigenvalue weighted by Gasteiger charge is 2.46. The normalized spacial score (nSPS) is 28.9. The molecule has 3 aliphatic heterocycles. The zero-order valence-electron chi connectivity index (χ0n) is 46.7. The molecule has 0 aromatic rings. The monoisotopic (exact) mass is 1050 g/mol. The number of ether oxygens (including phenoxy) is 2. The quantitative estimate of drug-likeness (QED) is 0.123. The second-order valence-corrected chi connectivity index (χ2v) is 22.5. The van der Waals surface area contributed by atoms with Crippen molar-refractivity contribution in [1.82, 2.24) is 35.6 Å². The number of esters is 2. The second kappa shape index (κ2) is 28.1. The number of carbonyl (C=O) groups excluding carboxylic acids is 10. The van der Waals surface area contributed by atoms with Crippen LogP contribution in [-0.2, 0) is 57.4 Å². The van der Waals surface area contributed by atoms with Crippen LogP contribution in [0.5, 0.6) is 0 Å². The van der Waals surface area contributed by atoms with Gasteiger partial charge in [-0.05, 0) is 95.3 Å². The molecule has 0 unspecified atom stereocenters. The summed E-state index contributed by atoms with van der Waals surface area (Å²) in [4.78, 5) is 147. The topological polar surface area (TPSA) is 279 Å². The van der Waals surface area contributed by atoms with Gasteiger partial charge in [-0.2, -0.15) is 0 Å². The number of likely N-dealkylation sites (N-methyl/N-ethyl adjacent to an activating group) is 2. The number of cyclic esters (lactones) is 2. The number of nitrogens with one attached hydrogen (secondary N) is 3. The lowest BCUT2D eigenvalue weighted by atomic mass is 9.91. The molecule has 3 rings (SSSR count). The fourth-order valence-corrected chi connectivity index (χ4v) is 10.0. The van der Waals surface area contributed by atoms with Crippen LogP contribution < -0.4 is 16.0 Å². The summed E-state index contributed by atoms with van der Waals surface area (Å²) < 4.78 is 11.8. The first kappa shape index (κ1) is 63.1.